The van der Waals surface area contributed by atoms with Crippen LogP contribution in [0.3, 0.4) is 0 Å². The fourth-order valence-corrected chi connectivity index (χ4v) is 0.798. The Kier molecular flexibility index (Phi) is 5.37. The minimum Gasteiger partial charge on any atom is -0.502 e. The lowest BCUT2D eigenvalue weighted by atomic mass is 10.1. The predicted molar refractivity (Wildman–Crippen MR) is 48.0 cm³/mol. The van der Waals surface area contributed by atoms with Crippen molar-refractivity contribution in [3.8, 4) is 11.8 Å². The van der Waals surface area contributed by atoms with Crippen LogP contribution in [0, 0.1) is 17.8 Å². The fourth-order valence-electron chi connectivity index (χ4n) is 0.798. The molecule has 0 aliphatic rings. The molecule has 1 heteroatoms. The second-order valence-corrected chi connectivity index (χ2v) is 2.39. The van der Waals surface area contributed by atoms with Crippen molar-refractivity contribution in [2.24, 2.45) is 5.92 Å². The normalized spacial score (nSPS) is 13.3. The average molecular weight is 152 g/mol. The van der Waals surface area contributed by atoms with Crippen molar-refractivity contribution < 1.29 is 4.74 Å². The summed E-state index contributed by atoms with van der Waals surface area (Å²) >= 11 is 0. The second kappa shape index (κ2) is 5.85. The van der Waals surface area contributed by atoms with E-state index < -0.39 is 0 Å². The summed E-state index contributed by atoms with van der Waals surface area (Å²) in [5, 5.41) is 0. The van der Waals surface area contributed by atoms with Crippen molar-refractivity contribution in [3.63, 3.8) is 0 Å². The monoisotopic (exact) mass is 152 g/mol. The first-order valence-corrected chi connectivity index (χ1v) is 3.89. The van der Waals surface area contributed by atoms with Crippen LogP contribution in [0.5, 0.6) is 0 Å². The van der Waals surface area contributed by atoms with Gasteiger partial charge >= 0.3 is 0 Å². The molecule has 0 fully saturated rings. The van der Waals surface area contributed by atoms with E-state index in [0.29, 0.717) is 5.92 Å². The SMILES string of the molecule is CC#CC(/C=C(\C)OC)CC. The molecule has 0 spiro atoms. The minimum atomic E-state index is 0.347. The predicted octanol–water partition coefficient (Wildman–Crippen LogP) is 2.59. The molecule has 0 heterocycles. The van der Waals surface area contributed by atoms with Gasteiger partial charge in [0.25, 0.3) is 0 Å². The number of allylic oxidation sites excluding steroid dienone is 2. The van der Waals surface area contributed by atoms with Crippen LogP contribution in [-0.4, -0.2) is 7.11 Å². The molecular weight excluding hydrogens is 136 g/mol. The summed E-state index contributed by atoms with van der Waals surface area (Å²) in [4.78, 5) is 0. The summed E-state index contributed by atoms with van der Waals surface area (Å²) in [6.07, 6.45) is 3.10. The summed E-state index contributed by atoms with van der Waals surface area (Å²) in [6, 6.07) is 0. The van der Waals surface area contributed by atoms with E-state index in [1.54, 1.807) is 7.11 Å². The van der Waals surface area contributed by atoms with E-state index in [-0.39, 0.29) is 0 Å². The molecule has 0 aromatic carbocycles. The molecular formula is C10H16O. The highest BCUT2D eigenvalue weighted by molar-refractivity contribution is 5.10. The van der Waals surface area contributed by atoms with Crippen LogP contribution in [0.25, 0.3) is 0 Å². The van der Waals surface area contributed by atoms with Crippen LogP contribution in [0.4, 0.5) is 0 Å². The molecule has 0 aromatic rings. The summed E-state index contributed by atoms with van der Waals surface area (Å²) < 4.78 is 5.02. The van der Waals surface area contributed by atoms with Gasteiger partial charge in [-0.25, -0.2) is 0 Å². The highest BCUT2D eigenvalue weighted by Crippen LogP contribution is 2.06. The van der Waals surface area contributed by atoms with E-state index in [4.69, 9.17) is 4.74 Å². The van der Waals surface area contributed by atoms with Crippen molar-refractivity contribution in [2.75, 3.05) is 7.11 Å². The smallest absolute Gasteiger partial charge is 0.0897 e. The van der Waals surface area contributed by atoms with Gasteiger partial charge in [-0.2, -0.15) is 0 Å². The summed E-state index contributed by atoms with van der Waals surface area (Å²) in [7, 11) is 1.68. The highest BCUT2D eigenvalue weighted by atomic mass is 16.5. The van der Waals surface area contributed by atoms with Gasteiger partial charge in [0.2, 0.25) is 0 Å². The molecule has 0 rings (SSSR count). The van der Waals surface area contributed by atoms with E-state index in [1.807, 2.05) is 13.8 Å². The van der Waals surface area contributed by atoms with Gasteiger partial charge in [0.05, 0.1) is 12.9 Å². The molecule has 0 N–H and O–H groups in total. The molecule has 0 aliphatic carbocycles. The summed E-state index contributed by atoms with van der Waals surface area (Å²) in [6.45, 7) is 5.92. The molecule has 0 saturated carbocycles. The van der Waals surface area contributed by atoms with Gasteiger partial charge < -0.3 is 4.74 Å². The third kappa shape index (κ3) is 4.50. The number of hydrogen-bond acceptors (Lipinski definition) is 1. The van der Waals surface area contributed by atoms with Crippen LogP contribution in [0.1, 0.15) is 27.2 Å². The Bertz CT molecular complexity index is 181. The van der Waals surface area contributed by atoms with Crippen molar-refractivity contribution >= 4 is 0 Å². The number of hydrogen-bond donors (Lipinski definition) is 0. The number of methoxy groups -OCH3 is 1. The van der Waals surface area contributed by atoms with Gasteiger partial charge in [-0.05, 0) is 26.3 Å². The Hall–Kier alpha value is -0.900. The van der Waals surface area contributed by atoms with Gasteiger partial charge in [-0.15, -0.1) is 5.92 Å². The van der Waals surface area contributed by atoms with Crippen molar-refractivity contribution in [2.45, 2.75) is 27.2 Å². The molecule has 1 atom stereocenters. The molecule has 1 nitrogen and oxygen atoms in total. The lowest BCUT2D eigenvalue weighted by Crippen LogP contribution is -1.92. The summed E-state index contributed by atoms with van der Waals surface area (Å²) in [5.74, 6) is 7.28. The first-order valence-electron chi connectivity index (χ1n) is 3.89. The van der Waals surface area contributed by atoms with Crippen molar-refractivity contribution in [3.05, 3.63) is 11.8 Å². The van der Waals surface area contributed by atoms with Crippen molar-refractivity contribution in [1.82, 2.24) is 0 Å². The van der Waals surface area contributed by atoms with Crippen LogP contribution in [0.15, 0.2) is 11.8 Å². The Balaban J connectivity index is 4.13. The maximum atomic E-state index is 5.02. The lowest BCUT2D eigenvalue weighted by molar-refractivity contribution is 0.290. The molecule has 0 aromatic heterocycles. The van der Waals surface area contributed by atoms with Crippen LogP contribution in [0.2, 0.25) is 0 Å². The van der Waals surface area contributed by atoms with Crippen molar-refractivity contribution in [1.29, 1.82) is 0 Å². The average Bonchev–Trinajstić information content (AvgIpc) is 2.03. The van der Waals surface area contributed by atoms with Gasteiger partial charge in [-0.1, -0.05) is 12.8 Å². The molecule has 11 heavy (non-hydrogen) atoms. The maximum absolute atomic E-state index is 5.02. The molecule has 0 aliphatic heterocycles. The Morgan fingerprint density at radius 3 is 2.64 bits per heavy atom. The highest BCUT2D eigenvalue weighted by Gasteiger charge is 1.97. The Morgan fingerprint density at radius 2 is 2.27 bits per heavy atom. The molecule has 1 unspecified atom stereocenters. The molecule has 0 bridgehead atoms. The quantitative estimate of drug-likeness (QED) is 0.446. The van der Waals surface area contributed by atoms with Crippen LogP contribution < -0.4 is 0 Å². The Labute approximate surface area is 69.4 Å². The van der Waals surface area contributed by atoms with Gasteiger partial charge in [0, 0.05) is 5.92 Å². The van der Waals surface area contributed by atoms with Crippen LogP contribution in [-0.2, 0) is 4.74 Å². The second-order valence-electron chi connectivity index (χ2n) is 2.39. The van der Waals surface area contributed by atoms with E-state index in [2.05, 4.69) is 24.8 Å². The standard InChI is InChI=1S/C10H16O/c1-5-7-10(6-2)8-9(3)11-4/h8,10H,6H2,1-4H3/b9-8+. The molecule has 62 valence electrons. The zero-order chi connectivity index (χ0) is 8.69. The minimum absolute atomic E-state index is 0.347. The first kappa shape index (κ1) is 10.1. The Morgan fingerprint density at radius 1 is 1.64 bits per heavy atom. The van der Waals surface area contributed by atoms with Crippen LogP contribution >= 0.6 is 0 Å². The van der Waals surface area contributed by atoms with E-state index in [1.165, 1.54) is 0 Å². The third-order valence-electron chi connectivity index (χ3n) is 1.53. The van der Waals surface area contributed by atoms with E-state index in [0.717, 1.165) is 12.2 Å². The largest absolute Gasteiger partial charge is 0.502 e. The lowest BCUT2D eigenvalue weighted by Gasteiger charge is -2.03. The molecule has 0 radical (unpaired) electrons. The zero-order valence-corrected chi connectivity index (χ0v) is 7.77. The van der Waals surface area contributed by atoms with Gasteiger partial charge in [0.1, 0.15) is 0 Å². The first-order chi connectivity index (χ1) is 5.24. The number of ether oxygens (including phenoxy) is 1. The van der Waals surface area contributed by atoms with E-state index >= 15 is 0 Å². The maximum Gasteiger partial charge on any atom is 0.0897 e. The molecule has 0 amide bonds. The summed E-state index contributed by atoms with van der Waals surface area (Å²) in [5.41, 5.74) is 0. The van der Waals surface area contributed by atoms with Gasteiger partial charge in [-0.3, -0.25) is 0 Å². The topological polar surface area (TPSA) is 9.23 Å². The zero-order valence-electron chi connectivity index (χ0n) is 7.77. The van der Waals surface area contributed by atoms with E-state index in [9.17, 15) is 0 Å². The van der Waals surface area contributed by atoms with Gasteiger partial charge in [0.15, 0.2) is 0 Å². The number of rotatable bonds is 3. The third-order valence-corrected chi connectivity index (χ3v) is 1.53. The molecule has 0 saturated heterocycles. The fraction of sp³-hybridized carbons (Fsp3) is 0.600.